The molecule has 2 N–H and O–H groups in total. The van der Waals surface area contributed by atoms with Gasteiger partial charge in [0, 0.05) is 23.7 Å². The minimum absolute atomic E-state index is 0.00579. The summed E-state index contributed by atoms with van der Waals surface area (Å²) in [6.45, 7) is 1.79. The summed E-state index contributed by atoms with van der Waals surface area (Å²) in [5.41, 5.74) is 1.46. The average Bonchev–Trinajstić information content (AvgIpc) is 2.02. The monoisotopic (exact) mass is 178 g/mol. The molecule has 0 saturated carbocycles. The van der Waals surface area contributed by atoms with E-state index in [9.17, 15) is 9.59 Å². The van der Waals surface area contributed by atoms with Crippen molar-refractivity contribution < 1.29 is 4.79 Å². The number of hydrogen-bond donors (Lipinski definition) is 2. The van der Waals surface area contributed by atoms with Crippen LogP contribution in [0.1, 0.15) is 17.7 Å². The Kier molecular flexibility index (Phi) is 1.69. The van der Waals surface area contributed by atoms with Gasteiger partial charge >= 0.3 is 0 Å². The molecule has 0 aromatic carbocycles. The SMILES string of the molecule is Cc1cc(=O)c2c([nH]1)NC(=O)CC2. The number of amides is 1. The van der Waals surface area contributed by atoms with E-state index in [0.717, 1.165) is 5.69 Å². The molecule has 1 aliphatic heterocycles. The van der Waals surface area contributed by atoms with Gasteiger partial charge < -0.3 is 10.3 Å². The molecule has 2 rings (SSSR count). The Morgan fingerprint density at radius 2 is 2.08 bits per heavy atom. The first-order valence-corrected chi connectivity index (χ1v) is 4.19. The van der Waals surface area contributed by atoms with E-state index >= 15 is 0 Å². The summed E-state index contributed by atoms with van der Waals surface area (Å²) in [5.74, 6) is 0.537. The van der Waals surface area contributed by atoms with Crippen molar-refractivity contribution in [3.8, 4) is 0 Å². The van der Waals surface area contributed by atoms with Gasteiger partial charge in [-0.2, -0.15) is 0 Å². The molecule has 0 bridgehead atoms. The summed E-state index contributed by atoms with van der Waals surface area (Å²) in [4.78, 5) is 25.4. The van der Waals surface area contributed by atoms with Gasteiger partial charge in [0.2, 0.25) is 5.91 Å². The Hall–Kier alpha value is -1.58. The van der Waals surface area contributed by atoms with Gasteiger partial charge in [0.25, 0.3) is 0 Å². The highest BCUT2D eigenvalue weighted by molar-refractivity contribution is 5.92. The zero-order valence-corrected chi connectivity index (χ0v) is 7.31. The predicted molar refractivity (Wildman–Crippen MR) is 48.8 cm³/mol. The van der Waals surface area contributed by atoms with Crippen LogP contribution in [0.2, 0.25) is 0 Å². The molecule has 68 valence electrons. The minimum Gasteiger partial charge on any atom is -0.345 e. The Bertz CT molecular complexity index is 420. The van der Waals surface area contributed by atoms with Gasteiger partial charge in [-0.25, -0.2) is 0 Å². The van der Waals surface area contributed by atoms with Crippen molar-refractivity contribution in [3.05, 3.63) is 27.5 Å². The smallest absolute Gasteiger partial charge is 0.225 e. The molecule has 4 nitrogen and oxygen atoms in total. The number of pyridine rings is 1. The van der Waals surface area contributed by atoms with Crippen LogP contribution in [0.25, 0.3) is 0 Å². The van der Waals surface area contributed by atoms with Crippen LogP contribution in [0, 0.1) is 6.92 Å². The number of anilines is 1. The standard InChI is InChI=1S/C9H10N2O2/c1-5-4-7(12)6-2-3-8(13)11-9(6)10-5/h4H,2-3H2,1H3,(H2,10,11,12,13). The predicted octanol–water partition coefficient (Wildman–Crippen LogP) is 0.568. The van der Waals surface area contributed by atoms with E-state index in [4.69, 9.17) is 0 Å². The highest BCUT2D eigenvalue weighted by Crippen LogP contribution is 2.16. The number of nitrogens with one attached hydrogen (secondary N) is 2. The third-order valence-corrected chi connectivity index (χ3v) is 2.14. The largest absolute Gasteiger partial charge is 0.345 e. The van der Waals surface area contributed by atoms with Gasteiger partial charge in [-0.15, -0.1) is 0 Å². The molecule has 1 amide bonds. The molecule has 0 atom stereocenters. The number of carbonyl (C=O) groups excluding carboxylic acids is 1. The lowest BCUT2D eigenvalue weighted by atomic mass is 10.1. The van der Waals surface area contributed by atoms with Crippen molar-refractivity contribution in [2.75, 3.05) is 5.32 Å². The van der Waals surface area contributed by atoms with Crippen molar-refractivity contribution in [2.45, 2.75) is 19.8 Å². The first-order chi connectivity index (χ1) is 6.16. The van der Waals surface area contributed by atoms with Crippen LogP contribution in [0.4, 0.5) is 5.82 Å². The van der Waals surface area contributed by atoms with Gasteiger partial charge in [-0.05, 0) is 13.3 Å². The summed E-state index contributed by atoms with van der Waals surface area (Å²) in [6.07, 6.45) is 0.940. The molecule has 1 aromatic rings. The van der Waals surface area contributed by atoms with Crippen LogP contribution >= 0.6 is 0 Å². The molecule has 4 heteroatoms. The van der Waals surface area contributed by atoms with E-state index in [2.05, 4.69) is 10.3 Å². The Labute approximate surface area is 75.0 Å². The summed E-state index contributed by atoms with van der Waals surface area (Å²) >= 11 is 0. The van der Waals surface area contributed by atoms with Gasteiger partial charge in [0.05, 0.1) is 0 Å². The fourth-order valence-corrected chi connectivity index (χ4v) is 1.51. The molecule has 13 heavy (non-hydrogen) atoms. The van der Waals surface area contributed by atoms with Crippen LogP contribution in [-0.2, 0) is 11.2 Å². The molecule has 1 aliphatic rings. The third kappa shape index (κ3) is 1.35. The zero-order chi connectivity index (χ0) is 9.42. The molecule has 0 spiro atoms. The molecule has 0 unspecified atom stereocenters. The lowest BCUT2D eigenvalue weighted by molar-refractivity contribution is -0.116. The molecule has 0 radical (unpaired) electrons. The second-order valence-corrected chi connectivity index (χ2v) is 3.22. The van der Waals surface area contributed by atoms with Crippen LogP contribution in [0.5, 0.6) is 0 Å². The second kappa shape index (κ2) is 2.73. The van der Waals surface area contributed by atoms with Crippen LogP contribution in [0.15, 0.2) is 10.9 Å². The average molecular weight is 178 g/mol. The van der Waals surface area contributed by atoms with E-state index in [1.165, 1.54) is 0 Å². The minimum atomic E-state index is -0.0336. The lowest BCUT2D eigenvalue weighted by Crippen LogP contribution is -2.25. The first kappa shape index (κ1) is 8.04. The summed E-state index contributed by atoms with van der Waals surface area (Å²) in [7, 11) is 0. The Balaban J connectivity index is 2.59. The van der Waals surface area contributed by atoms with Gasteiger partial charge in [0.1, 0.15) is 5.82 Å². The number of fused-ring (bicyclic) bond motifs is 1. The molecule has 0 aliphatic carbocycles. The molecule has 1 aromatic heterocycles. The summed E-state index contributed by atoms with van der Waals surface area (Å²) < 4.78 is 0. The maximum Gasteiger partial charge on any atom is 0.225 e. The normalized spacial score (nSPS) is 15.0. The lowest BCUT2D eigenvalue weighted by Gasteiger charge is -2.15. The fourth-order valence-electron chi connectivity index (χ4n) is 1.51. The highest BCUT2D eigenvalue weighted by atomic mass is 16.1. The van der Waals surface area contributed by atoms with Gasteiger partial charge in [0.15, 0.2) is 5.43 Å². The van der Waals surface area contributed by atoms with E-state index < -0.39 is 0 Å². The number of aromatic amines is 1. The first-order valence-electron chi connectivity index (χ1n) is 4.19. The Morgan fingerprint density at radius 1 is 1.31 bits per heavy atom. The van der Waals surface area contributed by atoms with Gasteiger partial charge in [-0.3, -0.25) is 9.59 Å². The highest BCUT2D eigenvalue weighted by Gasteiger charge is 2.17. The van der Waals surface area contributed by atoms with Crippen molar-refractivity contribution in [3.63, 3.8) is 0 Å². The van der Waals surface area contributed by atoms with E-state index in [0.29, 0.717) is 24.2 Å². The number of hydrogen-bond acceptors (Lipinski definition) is 2. The van der Waals surface area contributed by atoms with E-state index in [-0.39, 0.29) is 11.3 Å². The summed E-state index contributed by atoms with van der Waals surface area (Å²) in [5, 5.41) is 2.65. The fraction of sp³-hybridized carbons (Fsp3) is 0.333. The van der Waals surface area contributed by atoms with Crippen molar-refractivity contribution in [2.24, 2.45) is 0 Å². The van der Waals surface area contributed by atoms with Crippen LogP contribution < -0.4 is 10.7 Å². The third-order valence-electron chi connectivity index (χ3n) is 2.14. The summed E-state index contributed by atoms with van der Waals surface area (Å²) in [6, 6.07) is 1.55. The number of carbonyl (C=O) groups is 1. The van der Waals surface area contributed by atoms with Crippen molar-refractivity contribution in [1.29, 1.82) is 0 Å². The molecular formula is C9H10N2O2. The number of H-pyrrole nitrogens is 1. The molecule has 0 saturated heterocycles. The van der Waals surface area contributed by atoms with Gasteiger partial charge in [-0.1, -0.05) is 0 Å². The zero-order valence-electron chi connectivity index (χ0n) is 7.31. The van der Waals surface area contributed by atoms with Crippen molar-refractivity contribution >= 4 is 11.7 Å². The molecular weight excluding hydrogens is 168 g/mol. The topological polar surface area (TPSA) is 62.0 Å². The molecule has 0 fully saturated rings. The quantitative estimate of drug-likeness (QED) is 0.610. The number of aryl methyl sites for hydroxylation is 1. The Morgan fingerprint density at radius 3 is 2.85 bits per heavy atom. The number of aromatic nitrogens is 1. The van der Waals surface area contributed by atoms with E-state index in [1.54, 1.807) is 13.0 Å². The maximum atomic E-state index is 11.4. The number of rotatable bonds is 0. The van der Waals surface area contributed by atoms with Crippen LogP contribution in [0.3, 0.4) is 0 Å². The van der Waals surface area contributed by atoms with Crippen LogP contribution in [-0.4, -0.2) is 10.9 Å². The maximum absolute atomic E-state index is 11.4. The second-order valence-electron chi connectivity index (χ2n) is 3.22. The molecule has 2 heterocycles. The van der Waals surface area contributed by atoms with Crippen molar-refractivity contribution in [1.82, 2.24) is 4.98 Å². The van der Waals surface area contributed by atoms with E-state index in [1.807, 2.05) is 0 Å².